The van der Waals surface area contributed by atoms with Crippen LogP contribution in [-0.4, -0.2) is 47.2 Å². The molecular formula is C29H28N2O6. The molecule has 3 aromatic rings. The van der Waals surface area contributed by atoms with Gasteiger partial charge in [-0.3, -0.25) is 9.59 Å². The number of likely N-dealkylation sites (N-methyl/N-ethyl adjacent to an activating group) is 1. The fraction of sp³-hybridized carbons (Fsp3) is 0.207. The van der Waals surface area contributed by atoms with Crippen LogP contribution in [-0.2, 0) is 30.9 Å². The quantitative estimate of drug-likeness (QED) is 0.440. The standard InChI is InChI=1S/C29H28N2O6/c1-31(26(33)21-13-7-3-8-14-21)24(17-25(30)32)29(22-15-9-4-10-16-22,18-20-11-5-2-6-12-20)28-36-19-23(37-28)27(34)35/h2-16,19,24,28H,17-18H2,1H3,(H2,30,32)(H,34,35). The number of ether oxygens (including phenoxy) is 2. The van der Waals surface area contributed by atoms with Crippen LogP contribution in [0.2, 0.25) is 0 Å². The number of aliphatic carboxylic acids is 1. The summed E-state index contributed by atoms with van der Waals surface area (Å²) in [6.07, 6.45) is -0.0805. The summed E-state index contributed by atoms with van der Waals surface area (Å²) in [5, 5.41) is 9.58. The van der Waals surface area contributed by atoms with E-state index in [0.29, 0.717) is 11.1 Å². The Kier molecular flexibility index (Phi) is 7.57. The van der Waals surface area contributed by atoms with Crippen LogP contribution in [0, 0.1) is 0 Å². The summed E-state index contributed by atoms with van der Waals surface area (Å²) in [5.74, 6) is -2.61. The van der Waals surface area contributed by atoms with Crippen molar-refractivity contribution in [3.8, 4) is 0 Å². The summed E-state index contributed by atoms with van der Waals surface area (Å²) in [5.41, 5.74) is 6.51. The van der Waals surface area contributed by atoms with Gasteiger partial charge in [0.05, 0.1) is 11.5 Å². The van der Waals surface area contributed by atoms with Crippen LogP contribution in [0.5, 0.6) is 0 Å². The van der Waals surface area contributed by atoms with Crippen molar-refractivity contribution in [3.05, 3.63) is 120 Å². The second kappa shape index (κ2) is 11.0. The number of benzene rings is 3. The Balaban J connectivity index is 1.92. The number of hydrogen-bond acceptors (Lipinski definition) is 5. The van der Waals surface area contributed by atoms with E-state index in [0.717, 1.165) is 11.8 Å². The van der Waals surface area contributed by atoms with Crippen LogP contribution in [0.25, 0.3) is 0 Å². The Morgan fingerprint density at radius 2 is 1.51 bits per heavy atom. The SMILES string of the molecule is CN(C(=O)c1ccccc1)C(CC(N)=O)C(Cc1ccccc1)(c1ccccc1)C1OC=C(C(=O)O)O1. The molecule has 0 saturated heterocycles. The van der Waals surface area contributed by atoms with E-state index in [1.54, 1.807) is 37.4 Å². The zero-order valence-electron chi connectivity index (χ0n) is 20.3. The second-order valence-corrected chi connectivity index (χ2v) is 8.91. The molecule has 0 radical (unpaired) electrons. The molecule has 4 rings (SSSR count). The summed E-state index contributed by atoms with van der Waals surface area (Å²) in [4.78, 5) is 39.4. The molecule has 1 aliphatic heterocycles. The number of nitrogens with zero attached hydrogens (tertiary/aromatic N) is 1. The van der Waals surface area contributed by atoms with Gasteiger partial charge in [0, 0.05) is 19.0 Å². The third-order valence-electron chi connectivity index (χ3n) is 6.61. The summed E-state index contributed by atoms with van der Waals surface area (Å²) in [6.45, 7) is 0. The lowest BCUT2D eigenvalue weighted by Gasteiger charge is -2.47. The average Bonchev–Trinajstić information content (AvgIpc) is 3.42. The number of carbonyl (C=O) groups is 3. The van der Waals surface area contributed by atoms with Gasteiger partial charge < -0.3 is 25.2 Å². The maximum Gasteiger partial charge on any atom is 0.374 e. The molecule has 8 nitrogen and oxygen atoms in total. The Labute approximate surface area is 214 Å². The first kappa shape index (κ1) is 25.5. The molecule has 3 aromatic carbocycles. The highest BCUT2D eigenvalue weighted by Gasteiger charge is 2.55. The summed E-state index contributed by atoms with van der Waals surface area (Å²) in [6, 6.07) is 26.5. The number of amides is 2. The number of primary amides is 1. The van der Waals surface area contributed by atoms with Crippen molar-refractivity contribution < 1.29 is 29.0 Å². The number of hydrogen-bond donors (Lipinski definition) is 2. The Morgan fingerprint density at radius 1 is 0.946 bits per heavy atom. The second-order valence-electron chi connectivity index (χ2n) is 8.91. The first-order valence-corrected chi connectivity index (χ1v) is 11.8. The van der Waals surface area contributed by atoms with Crippen LogP contribution in [0.1, 0.15) is 27.9 Å². The highest BCUT2D eigenvalue weighted by molar-refractivity contribution is 5.94. The monoisotopic (exact) mass is 500 g/mol. The molecule has 0 bridgehead atoms. The lowest BCUT2D eigenvalue weighted by atomic mass is 9.67. The van der Waals surface area contributed by atoms with Gasteiger partial charge in [-0.05, 0) is 29.7 Å². The van der Waals surface area contributed by atoms with Gasteiger partial charge in [0.15, 0.2) is 0 Å². The predicted octanol–water partition coefficient (Wildman–Crippen LogP) is 3.48. The van der Waals surface area contributed by atoms with Crippen molar-refractivity contribution in [2.75, 3.05) is 7.05 Å². The first-order chi connectivity index (χ1) is 17.8. The lowest BCUT2D eigenvalue weighted by molar-refractivity contribution is -0.147. The summed E-state index contributed by atoms with van der Waals surface area (Å²) >= 11 is 0. The minimum Gasteiger partial charge on any atom is -0.475 e. The molecule has 3 unspecified atom stereocenters. The molecule has 0 fully saturated rings. The van der Waals surface area contributed by atoms with Crippen LogP contribution < -0.4 is 5.73 Å². The maximum atomic E-state index is 13.7. The van der Waals surface area contributed by atoms with Gasteiger partial charge in [-0.15, -0.1) is 0 Å². The third-order valence-corrected chi connectivity index (χ3v) is 6.61. The van der Waals surface area contributed by atoms with Crippen molar-refractivity contribution in [3.63, 3.8) is 0 Å². The third kappa shape index (κ3) is 5.33. The van der Waals surface area contributed by atoms with Gasteiger partial charge in [-0.2, -0.15) is 0 Å². The van der Waals surface area contributed by atoms with E-state index in [1.165, 1.54) is 4.90 Å². The minimum atomic E-state index is -1.29. The van der Waals surface area contributed by atoms with Crippen LogP contribution in [0.4, 0.5) is 0 Å². The molecule has 3 atom stereocenters. The minimum absolute atomic E-state index is 0.220. The number of carboxylic acid groups (broad SMARTS) is 1. The van der Waals surface area contributed by atoms with Gasteiger partial charge in [-0.25, -0.2) is 4.79 Å². The van der Waals surface area contributed by atoms with Crippen molar-refractivity contribution in [2.24, 2.45) is 5.73 Å². The number of carbonyl (C=O) groups excluding carboxylic acids is 2. The van der Waals surface area contributed by atoms with Gasteiger partial charge >= 0.3 is 5.97 Å². The fourth-order valence-corrected chi connectivity index (χ4v) is 4.87. The topological polar surface area (TPSA) is 119 Å². The fourth-order valence-electron chi connectivity index (χ4n) is 4.87. The zero-order valence-corrected chi connectivity index (χ0v) is 20.3. The van der Waals surface area contributed by atoms with E-state index >= 15 is 0 Å². The molecule has 37 heavy (non-hydrogen) atoms. The van der Waals surface area contributed by atoms with E-state index in [4.69, 9.17) is 15.2 Å². The molecule has 2 amide bonds. The molecular weight excluding hydrogens is 472 g/mol. The molecule has 0 aliphatic carbocycles. The Morgan fingerprint density at radius 3 is 2.05 bits per heavy atom. The number of nitrogens with two attached hydrogens (primary N) is 1. The van der Waals surface area contributed by atoms with E-state index < -0.39 is 29.6 Å². The van der Waals surface area contributed by atoms with E-state index in [9.17, 15) is 19.5 Å². The number of carboxylic acids is 1. The molecule has 0 aromatic heterocycles. The number of rotatable bonds is 10. The van der Waals surface area contributed by atoms with Crippen LogP contribution in [0.15, 0.2) is 103 Å². The van der Waals surface area contributed by atoms with E-state index in [2.05, 4.69) is 0 Å². The van der Waals surface area contributed by atoms with Crippen molar-refractivity contribution in [2.45, 2.75) is 30.6 Å². The van der Waals surface area contributed by atoms with Gasteiger partial charge in [0.2, 0.25) is 11.7 Å². The molecule has 8 heteroatoms. The van der Waals surface area contributed by atoms with E-state index in [-0.39, 0.29) is 24.5 Å². The summed E-state index contributed by atoms with van der Waals surface area (Å²) in [7, 11) is 1.60. The summed E-state index contributed by atoms with van der Waals surface area (Å²) < 4.78 is 11.7. The molecule has 1 aliphatic rings. The maximum absolute atomic E-state index is 13.7. The van der Waals surface area contributed by atoms with Crippen LogP contribution in [0.3, 0.4) is 0 Å². The highest BCUT2D eigenvalue weighted by Crippen LogP contribution is 2.44. The van der Waals surface area contributed by atoms with Gasteiger partial charge in [-0.1, -0.05) is 78.9 Å². The van der Waals surface area contributed by atoms with Crippen molar-refractivity contribution >= 4 is 17.8 Å². The molecule has 0 saturated carbocycles. The lowest BCUT2D eigenvalue weighted by Crippen LogP contribution is -2.60. The molecule has 3 N–H and O–H groups in total. The van der Waals surface area contributed by atoms with E-state index in [1.807, 2.05) is 60.7 Å². The van der Waals surface area contributed by atoms with Crippen molar-refractivity contribution in [1.29, 1.82) is 0 Å². The Bertz CT molecular complexity index is 1280. The predicted molar refractivity (Wildman–Crippen MR) is 136 cm³/mol. The highest BCUT2D eigenvalue weighted by atomic mass is 16.7. The van der Waals surface area contributed by atoms with Gasteiger partial charge in [0.1, 0.15) is 6.26 Å². The molecule has 1 heterocycles. The molecule has 190 valence electrons. The molecule has 0 spiro atoms. The first-order valence-electron chi connectivity index (χ1n) is 11.8. The smallest absolute Gasteiger partial charge is 0.374 e. The van der Waals surface area contributed by atoms with Crippen molar-refractivity contribution in [1.82, 2.24) is 4.90 Å². The normalized spacial score (nSPS) is 16.9. The van der Waals surface area contributed by atoms with Crippen LogP contribution >= 0.6 is 0 Å². The van der Waals surface area contributed by atoms with Gasteiger partial charge in [0.25, 0.3) is 12.2 Å². The largest absolute Gasteiger partial charge is 0.475 e. The average molecular weight is 501 g/mol. The zero-order chi connectivity index (χ0) is 26.4. The Hall–Kier alpha value is -4.59.